The van der Waals surface area contributed by atoms with Gasteiger partial charge in [0.05, 0.1) is 10.8 Å². The fourth-order valence-corrected chi connectivity index (χ4v) is 4.31. The predicted molar refractivity (Wildman–Crippen MR) is 93.0 cm³/mol. The minimum absolute atomic E-state index is 0.0117. The molecule has 7 heteroatoms. The summed E-state index contributed by atoms with van der Waals surface area (Å²) in [5.41, 5.74) is 0.868. The second kappa shape index (κ2) is 6.05. The quantitative estimate of drug-likeness (QED) is 0.829. The van der Waals surface area contributed by atoms with E-state index in [0.29, 0.717) is 24.7 Å². The first-order chi connectivity index (χ1) is 11.6. The third-order valence-electron chi connectivity index (χ3n) is 4.76. The van der Waals surface area contributed by atoms with Crippen molar-refractivity contribution in [3.63, 3.8) is 0 Å². The Labute approximate surface area is 148 Å². The van der Waals surface area contributed by atoms with Gasteiger partial charge in [0.25, 0.3) is 10.0 Å². The summed E-state index contributed by atoms with van der Waals surface area (Å²) in [4.78, 5) is 12.5. The molecule has 1 amide bonds. The molecule has 2 atom stereocenters. The molecule has 25 heavy (non-hydrogen) atoms. The number of carbonyl (C=O) groups is 1. The van der Waals surface area contributed by atoms with Crippen molar-refractivity contribution in [3.8, 4) is 11.5 Å². The first-order valence-electron chi connectivity index (χ1n) is 8.24. The summed E-state index contributed by atoms with van der Waals surface area (Å²) in [7, 11) is -3.96. The van der Waals surface area contributed by atoms with E-state index in [1.807, 2.05) is 33.8 Å². The SMILES string of the molecule is CC(C)=C[C@@H]1[C@H](C(=O)NS(=O)(=O)c2ccc3c(c2)OCCO3)C1(C)C. The maximum absolute atomic E-state index is 12.6. The van der Waals surface area contributed by atoms with E-state index in [9.17, 15) is 13.2 Å². The van der Waals surface area contributed by atoms with Crippen LogP contribution in [0.3, 0.4) is 0 Å². The highest BCUT2D eigenvalue weighted by atomic mass is 32.2. The van der Waals surface area contributed by atoms with Crippen molar-refractivity contribution < 1.29 is 22.7 Å². The van der Waals surface area contributed by atoms with Crippen LogP contribution >= 0.6 is 0 Å². The Morgan fingerprint density at radius 3 is 2.48 bits per heavy atom. The lowest BCUT2D eigenvalue weighted by molar-refractivity contribution is -0.121. The van der Waals surface area contributed by atoms with Gasteiger partial charge in [-0.05, 0) is 37.3 Å². The fraction of sp³-hybridized carbons (Fsp3) is 0.500. The molecular weight excluding hydrogens is 342 g/mol. The predicted octanol–water partition coefficient (Wildman–Crippen LogP) is 2.50. The second-order valence-corrected chi connectivity index (χ2v) is 9.03. The van der Waals surface area contributed by atoms with Crippen molar-refractivity contribution in [2.24, 2.45) is 17.3 Å². The summed E-state index contributed by atoms with van der Waals surface area (Å²) in [5, 5.41) is 0. The molecule has 136 valence electrons. The van der Waals surface area contributed by atoms with E-state index in [0.717, 1.165) is 5.57 Å². The van der Waals surface area contributed by atoms with Crippen LogP contribution in [0.2, 0.25) is 0 Å². The number of allylic oxidation sites excluding steroid dienone is 2. The molecule has 1 heterocycles. The van der Waals surface area contributed by atoms with Crippen LogP contribution in [0.1, 0.15) is 27.7 Å². The topological polar surface area (TPSA) is 81.7 Å². The molecule has 2 aliphatic rings. The van der Waals surface area contributed by atoms with Gasteiger partial charge in [-0.15, -0.1) is 0 Å². The number of rotatable bonds is 4. The van der Waals surface area contributed by atoms with Crippen molar-refractivity contribution in [2.45, 2.75) is 32.6 Å². The fourth-order valence-electron chi connectivity index (χ4n) is 3.29. The lowest BCUT2D eigenvalue weighted by atomic mass is 10.1. The molecule has 1 N–H and O–H groups in total. The molecule has 0 bridgehead atoms. The molecule has 0 radical (unpaired) electrons. The monoisotopic (exact) mass is 365 g/mol. The maximum Gasteiger partial charge on any atom is 0.264 e. The number of carbonyl (C=O) groups excluding carboxylic acids is 1. The van der Waals surface area contributed by atoms with Crippen molar-refractivity contribution in [2.75, 3.05) is 13.2 Å². The molecule has 0 aromatic heterocycles. The van der Waals surface area contributed by atoms with Gasteiger partial charge >= 0.3 is 0 Å². The largest absolute Gasteiger partial charge is 0.486 e. The van der Waals surface area contributed by atoms with Gasteiger partial charge in [0, 0.05) is 6.07 Å². The highest BCUT2D eigenvalue weighted by Crippen LogP contribution is 2.59. The number of amides is 1. The minimum atomic E-state index is -3.96. The molecule has 0 spiro atoms. The normalized spacial score (nSPS) is 23.5. The van der Waals surface area contributed by atoms with Crippen molar-refractivity contribution in [1.29, 1.82) is 0 Å². The molecule has 1 fully saturated rings. The molecule has 3 rings (SSSR count). The van der Waals surface area contributed by atoms with Crippen molar-refractivity contribution in [3.05, 3.63) is 29.8 Å². The van der Waals surface area contributed by atoms with Gasteiger partial charge < -0.3 is 9.47 Å². The minimum Gasteiger partial charge on any atom is -0.486 e. The third-order valence-corrected chi connectivity index (χ3v) is 6.11. The van der Waals surface area contributed by atoms with Crippen LogP contribution in [-0.4, -0.2) is 27.5 Å². The van der Waals surface area contributed by atoms with E-state index in [-0.39, 0.29) is 22.1 Å². The molecule has 1 aromatic rings. The van der Waals surface area contributed by atoms with Crippen LogP contribution in [0.4, 0.5) is 0 Å². The van der Waals surface area contributed by atoms with Gasteiger partial charge in [-0.2, -0.15) is 0 Å². The van der Waals surface area contributed by atoms with Gasteiger partial charge in [0.15, 0.2) is 11.5 Å². The molecule has 0 saturated heterocycles. The van der Waals surface area contributed by atoms with Gasteiger partial charge in [0.2, 0.25) is 5.91 Å². The molecule has 6 nitrogen and oxygen atoms in total. The van der Waals surface area contributed by atoms with Gasteiger partial charge in [0.1, 0.15) is 13.2 Å². The summed E-state index contributed by atoms with van der Waals surface area (Å²) >= 11 is 0. The Morgan fingerprint density at radius 1 is 1.20 bits per heavy atom. The Morgan fingerprint density at radius 2 is 1.84 bits per heavy atom. The van der Waals surface area contributed by atoms with Gasteiger partial charge in [-0.25, -0.2) is 13.1 Å². The number of hydrogen-bond donors (Lipinski definition) is 1. The van der Waals surface area contributed by atoms with Crippen LogP contribution in [-0.2, 0) is 14.8 Å². The molecule has 1 saturated carbocycles. The van der Waals surface area contributed by atoms with Gasteiger partial charge in [-0.1, -0.05) is 25.5 Å². The third kappa shape index (κ3) is 3.38. The maximum atomic E-state index is 12.6. The standard InChI is InChI=1S/C18H23NO5S/c1-11(2)9-13-16(18(13,3)4)17(20)19-25(21,22)12-5-6-14-15(10-12)24-8-7-23-14/h5-6,9-10,13,16H,7-8H2,1-4H3,(H,19,20)/t13-,16-/m1/s1. The van der Waals surface area contributed by atoms with E-state index >= 15 is 0 Å². The Bertz CT molecular complexity index is 837. The summed E-state index contributed by atoms with van der Waals surface area (Å²) in [5.74, 6) is 0.101. The van der Waals surface area contributed by atoms with Crippen LogP contribution in [0.25, 0.3) is 0 Å². The van der Waals surface area contributed by atoms with E-state index in [1.54, 1.807) is 6.07 Å². The zero-order chi connectivity index (χ0) is 18.4. The van der Waals surface area contributed by atoms with Crippen molar-refractivity contribution in [1.82, 2.24) is 4.72 Å². The number of hydrogen-bond acceptors (Lipinski definition) is 5. The zero-order valence-corrected chi connectivity index (χ0v) is 15.6. The van der Waals surface area contributed by atoms with Crippen LogP contribution in [0.15, 0.2) is 34.7 Å². The smallest absolute Gasteiger partial charge is 0.264 e. The summed E-state index contributed by atoms with van der Waals surface area (Å²) in [6, 6.07) is 4.34. The number of benzene rings is 1. The summed E-state index contributed by atoms with van der Waals surface area (Å²) in [6.07, 6.45) is 2.03. The Hall–Kier alpha value is -2.02. The van der Waals surface area contributed by atoms with Crippen molar-refractivity contribution >= 4 is 15.9 Å². The lowest BCUT2D eigenvalue weighted by Crippen LogP contribution is -2.33. The highest BCUT2D eigenvalue weighted by Gasteiger charge is 2.60. The first kappa shape index (κ1) is 17.8. The van der Waals surface area contributed by atoms with E-state index in [1.165, 1.54) is 12.1 Å². The molecule has 1 aliphatic carbocycles. The number of fused-ring (bicyclic) bond motifs is 1. The second-order valence-electron chi connectivity index (χ2n) is 7.34. The molecule has 0 unspecified atom stereocenters. The molecular formula is C18H23NO5S. The number of sulfonamides is 1. The van der Waals surface area contributed by atoms with Crippen LogP contribution < -0.4 is 14.2 Å². The Balaban J connectivity index is 1.78. The average molecular weight is 365 g/mol. The zero-order valence-electron chi connectivity index (χ0n) is 14.8. The lowest BCUT2D eigenvalue weighted by Gasteiger charge is -2.19. The number of nitrogens with one attached hydrogen (secondary N) is 1. The van der Waals surface area contributed by atoms with Crippen LogP contribution in [0, 0.1) is 17.3 Å². The molecule has 1 aliphatic heterocycles. The molecule has 1 aromatic carbocycles. The van der Waals surface area contributed by atoms with Gasteiger partial charge in [-0.3, -0.25) is 4.79 Å². The van der Waals surface area contributed by atoms with E-state index in [4.69, 9.17) is 9.47 Å². The van der Waals surface area contributed by atoms with E-state index < -0.39 is 15.9 Å². The summed E-state index contributed by atoms with van der Waals surface area (Å²) in [6.45, 7) is 8.67. The highest BCUT2D eigenvalue weighted by molar-refractivity contribution is 7.90. The summed E-state index contributed by atoms with van der Waals surface area (Å²) < 4.78 is 38.1. The average Bonchev–Trinajstić information content (AvgIpc) is 3.06. The number of ether oxygens (including phenoxy) is 2. The first-order valence-corrected chi connectivity index (χ1v) is 9.72. The van der Waals surface area contributed by atoms with Crippen LogP contribution in [0.5, 0.6) is 11.5 Å². The Kier molecular flexibility index (Phi) is 4.31. The van der Waals surface area contributed by atoms with E-state index in [2.05, 4.69) is 4.72 Å².